The summed E-state index contributed by atoms with van der Waals surface area (Å²) in [7, 11) is 0. The fraction of sp³-hybridized carbons (Fsp3) is 0.857. The highest BCUT2D eigenvalue weighted by molar-refractivity contribution is 5.66. The maximum atomic E-state index is 10.7. The SMILES string of the molecule is CCOC(=O)NCCOCCN. The normalized spacial score (nSPS) is 9.50. The monoisotopic (exact) mass is 176 g/mol. The molecule has 0 rings (SSSR count). The average Bonchev–Trinajstić information content (AvgIpc) is 2.05. The van der Waals surface area contributed by atoms with E-state index < -0.39 is 6.09 Å². The predicted molar refractivity (Wildman–Crippen MR) is 44.9 cm³/mol. The summed E-state index contributed by atoms with van der Waals surface area (Å²) in [4.78, 5) is 10.7. The highest BCUT2D eigenvalue weighted by atomic mass is 16.5. The van der Waals surface area contributed by atoms with Crippen molar-refractivity contribution in [3.05, 3.63) is 0 Å². The van der Waals surface area contributed by atoms with E-state index >= 15 is 0 Å². The Bertz CT molecular complexity index is 119. The van der Waals surface area contributed by atoms with Crippen LogP contribution >= 0.6 is 0 Å². The number of amides is 1. The predicted octanol–water partition coefficient (Wildman–Crippen LogP) is -0.292. The molecule has 1 amide bonds. The summed E-state index contributed by atoms with van der Waals surface area (Å²) in [6.07, 6.45) is -0.408. The fourth-order valence-electron chi connectivity index (χ4n) is 0.593. The molecule has 0 aliphatic rings. The van der Waals surface area contributed by atoms with Gasteiger partial charge >= 0.3 is 6.09 Å². The van der Waals surface area contributed by atoms with Crippen molar-refractivity contribution in [2.24, 2.45) is 5.73 Å². The molecule has 12 heavy (non-hydrogen) atoms. The largest absolute Gasteiger partial charge is 0.450 e. The summed E-state index contributed by atoms with van der Waals surface area (Å²) in [5.41, 5.74) is 5.18. The molecule has 3 N–H and O–H groups in total. The van der Waals surface area contributed by atoms with Gasteiger partial charge in [0.1, 0.15) is 0 Å². The molecule has 72 valence electrons. The lowest BCUT2D eigenvalue weighted by molar-refractivity contribution is 0.128. The Morgan fingerprint density at radius 1 is 1.50 bits per heavy atom. The zero-order valence-corrected chi connectivity index (χ0v) is 7.34. The van der Waals surface area contributed by atoms with Gasteiger partial charge in [-0.05, 0) is 6.92 Å². The van der Waals surface area contributed by atoms with E-state index in [1.165, 1.54) is 0 Å². The third-order valence-corrected chi connectivity index (χ3v) is 1.05. The highest BCUT2D eigenvalue weighted by Crippen LogP contribution is 1.76. The molecule has 0 fully saturated rings. The number of hydrogen-bond acceptors (Lipinski definition) is 4. The number of carbonyl (C=O) groups is 1. The van der Waals surface area contributed by atoms with Crippen LogP contribution in [0, 0.1) is 0 Å². The molecule has 0 heterocycles. The third-order valence-electron chi connectivity index (χ3n) is 1.05. The summed E-state index contributed by atoms with van der Waals surface area (Å²) >= 11 is 0. The lowest BCUT2D eigenvalue weighted by Crippen LogP contribution is -2.28. The van der Waals surface area contributed by atoms with Crippen LogP contribution in [-0.2, 0) is 9.47 Å². The van der Waals surface area contributed by atoms with E-state index in [0.29, 0.717) is 32.9 Å². The van der Waals surface area contributed by atoms with E-state index in [0.717, 1.165) is 0 Å². The van der Waals surface area contributed by atoms with Crippen molar-refractivity contribution < 1.29 is 14.3 Å². The molecule has 0 aromatic heterocycles. The van der Waals surface area contributed by atoms with Gasteiger partial charge in [-0.2, -0.15) is 0 Å². The second kappa shape index (κ2) is 8.29. The summed E-state index contributed by atoms with van der Waals surface area (Å²) in [5.74, 6) is 0. The lowest BCUT2D eigenvalue weighted by atomic mass is 10.6. The van der Waals surface area contributed by atoms with Gasteiger partial charge in [0.2, 0.25) is 0 Å². The van der Waals surface area contributed by atoms with Crippen molar-refractivity contribution in [2.75, 3.05) is 32.9 Å². The second-order valence-electron chi connectivity index (χ2n) is 2.05. The van der Waals surface area contributed by atoms with Crippen LogP contribution in [-0.4, -0.2) is 39.0 Å². The number of ether oxygens (including phenoxy) is 2. The van der Waals surface area contributed by atoms with Crippen LogP contribution in [0.4, 0.5) is 4.79 Å². The van der Waals surface area contributed by atoms with Gasteiger partial charge in [-0.3, -0.25) is 0 Å². The number of alkyl carbamates (subject to hydrolysis) is 1. The Labute approximate surface area is 72.2 Å². The molecule has 5 heteroatoms. The first-order valence-electron chi connectivity index (χ1n) is 3.99. The van der Waals surface area contributed by atoms with Crippen LogP contribution in [0.15, 0.2) is 0 Å². The van der Waals surface area contributed by atoms with Crippen LogP contribution < -0.4 is 11.1 Å². The summed E-state index contributed by atoms with van der Waals surface area (Å²) in [6, 6.07) is 0. The highest BCUT2D eigenvalue weighted by Gasteiger charge is 1.97. The fourth-order valence-corrected chi connectivity index (χ4v) is 0.593. The molecule has 0 aliphatic carbocycles. The van der Waals surface area contributed by atoms with Crippen molar-refractivity contribution in [1.82, 2.24) is 5.32 Å². The maximum absolute atomic E-state index is 10.7. The topological polar surface area (TPSA) is 73.6 Å². The van der Waals surface area contributed by atoms with Crippen LogP contribution in [0.1, 0.15) is 6.92 Å². The minimum Gasteiger partial charge on any atom is -0.450 e. The molecular formula is C7H16N2O3. The molecule has 0 saturated carbocycles. The number of rotatable bonds is 6. The molecule has 0 aliphatic heterocycles. The van der Waals surface area contributed by atoms with Crippen molar-refractivity contribution in [2.45, 2.75) is 6.92 Å². The van der Waals surface area contributed by atoms with Gasteiger partial charge in [-0.1, -0.05) is 0 Å². The summed E-state index contributed by atoms with van der Waals surface area (Å²) in [5, 5.41) is 2.52. The minimum atomic E-state index is -0.408. The van der Waals surface area contributed by atoms with Crippen molar-refractivity contribution in [3.8, 4) is 0 Å². The van der Waals surface area contributed by atoms with Crippen molar-refractivity contribution >= 4 is 6.09 Å². The van der Waals surface area contributed by atoms with E-state index in [-0.39, 0.29) is 0 Å². The third kappa shape index (κ3) is 7.30. The Kier molecular flexibility index (Phi) is 7.73. The van der Waals surface area contributed by atoms with Gasteiger partial charge in [0.05, 0.1) is 19.8 Å². The molecule has 0 aromatic carbocycles. The average molecular weight is 176 g/mol. The van der Waals surface area contributed by atoms with E-state index in [9.17, 15) is 4.79 Å². The number of nitrogens with one attached hydrogen (secondary N) is 1. The first-order valence-corrected chi connectivity index (χ1v) is 3.99. The van der Waals surface area contributed by atoms with Crippen molar-refractivity contribution in [1.29, 1.82) is 0 Å². The summed E-state index contributed by atoms with van der Waals surface area (Å²) < 4.78 is 9.63. The Morgan fingerprint density at radius 3 is 2.83 bits per heavy atom. The molecule has 0 unspecified atom stereocenters. The molecule has 0 aromatic rings. The number of nitrogens with two attached hydrogens (primary N) is 1. The van der Waals surface area contributed by atoms with E-state index in [1.54, 1.807) is 6.92 Å². The maximum Gasteiger partial charge on any atom is 0.407 e. The summed E-state index contributed by atoms with van der Waals surface area (Å²) in [6.45, 7) is 4.08. The zero-order valence-electron chi connectivity index (χ0n) is 7.34. The Hall–Kier alpha value is -0.810. The Balaban J connectivity index is 3.03. The minimum absolute atomic E-state index is 0.384. The van der Waals surface area contributed by atoms with Gasteiger partial charge in [0.15, 0.2) is 0 Å². The van der Waals surface area contributed by atoms with Crippen LogP contribution in [0.25, 0.3) is 0 Å². The van der Waals surface area contributed by atoms with Crippen molar-refractivity contribution in [3.63, 3.8) is 0 Å². The molecule has 0 bridgehead atoms. The van der Waals surface area contributed by atoms with Gasteiger partial charge in [0, 0.05) is 13.1 Å². The standard InChI is InChI=1S/C7H16N2O3/c1-2-12-7(10)9-4-6-11-5-3-8/h2-6,8H2,1H3,(H,9,10). The lowest BCUT2D eigenvalue weighted by Gasteiger charge is -2.04. The molecule has 0 spiro atoms. The first-order chi connectivity index (χ1) is 5.81. The van der Waals surface area contributed by atoms with Crippen LogP contribution in [0.2, 0.25) is 0 Å². The molecule has 0 atom stereocenters. The smallest absolute Gasteiger partial charge is 0.407 e. The molecule has 5 nitrogen and oxygen atoms in total. The van der Waals surface area contributed by atoms with E-state index in [1.807, 2.05) is 0 Å². The van der Waals surface area contributed by atoms with Gasteiger partial charge in [-0.15, -0.1) is 0 Å². The zero-order chi connectivity index (χ0) is 9.23. The van der Waals surface area contributed by atoms with Gasteiger partial charge in [-0.25, -0.2) is 4.79 Å². The van der Waals surface area contributed by atoms with Gasteiger partial charge < -0.3 is 20.5 Å². The molecular weight excluding hydrogens is 160 g/mol. The number of carbonyl (C=O) groups excluding carboxylic acids is 1. The van der Waals surface area contributed by atoms with Crippen LogP contribution in [0.5, 0.6) is 0 Å². The van der Waals surface area contributed by atoms with Crippen LogP contribution in [0.3, 0.4) is 0 Å². The molecule has 0 radical (unpaired) electrons. The van der Waals surface area contributed by atoms with E-state index in [2.05, 4.69) is 10.1 Å². The second-order valence-corrected chi connectivity index (χ2v) is 2.05. The quantitative estimate of drug-likeness (QED) is 0.545. The van der Waals surface area contributed by atoms with E-state index in [4.69, 9.17) is 10.5 Å². The first kappa shape index (κ1) is 11.2. The Morgan fingerprint density at radius 2 is 2.25 bits per heavy atom. The molecule has 0 saturated heterocycles. The van der Waals surface area contributed by atoms with Gasteiger partial charge in [0.25, 0.3) is 0 Å². The number of hydrogen-bond donors (Lipinski definition) is 2.